The maximum absolute atomic E-state index is 6.26. The van der Waals surface area contributed by atoms with Crippen LogP contribution in [0.25, 0.3) is 21.8 Å². The third kappa shape index (κ3) is 5.57. The van der Waals surface area contributed by atoms with Crippen LogP contribution in [0.1, 0.15) is 26.7 Å². The molecule has 3 aromatic rings. The van der Waals surface area contributed by atoms with Gasteiger partial charge in [0.25, 0.3) is 0 Å². The van der Waals surface area contributed by atoms with E-state index in [0.29, 0.717) is 0 Å². The summed E-state index contributed by atoms with van der Waals surface area (Å²) < 4.78 is 2.54. The van der Waals surface area contributed by atoms with Gasteiger partial charge in [0.1, 0.15) is 0 Å². The van der Waals surface area contributed by atoms with Crippen molar-refractivity contribution in [3.8, 4) is 0 Å². The van der Waals surface area contributed by atoms with Gasteiger partial charge in [0.15, 0.2) is 0 Å². The van der Waals surface area contributed by atoms with Crippen LogP contribution in [0.3, 0.4) is 0 Å². The third-order valence-corrected chi connectivity index (χ3v) is 18.5. The van der Waals surface area contributed by atoms with Crippen LogP contribution in [0, 0.1) is 0 Å². The average molecular weight is 500 g/mol. The van der Waals surface area contributed by atoms with Gasteiger partial charge in [-0.25, -0.2) is 0 Å². The summed E-state index contributed by atoms with van der Waals surface area (Å²) in [5.74, 6) is 0. The number of pyridine rings is 2. The molecule has 0 saturated carbocycles. The van der Waals surface area contributed by atoms with Gasteiger partial charge in [-0.2, -0.15) is 0 Å². The Morgan fingerprint density at radius 2 is 1.30 bits per heavy atom. The zero-order chi connectivity index (χ0) is 16.7. The second kappa shape index (κ2) is 9.19. The summed E-state index contributed by atoms with van der Waals surface area (Å²) in [7, 11) is 6.26. The van der Waals surface area contributed by atoms with Crippen molar-refractivity contribution < 1.29 is 0 Å². The van der Waals surface area contributed by atoms with Crippen molar-refractivity contribution in [1.82, 2.24) is 9.97 Å². The Labute approximate surface area is 152 Å². The van der Waals surface area contributed by atoms with Gasteiger partial charge in [-0.05, 0) is 12.1 Å². The van der Waals surface area contributed by atoms with E-state index in [0.717, 1.165) is 21.8 Å². The zero-order valence-electron chi connectivity index (χ0n) is 13.6. The summed E-state index contributed by atoms with van der Waals surface area (Å²) in [4.78, 5) is 8.69. The monoisotopic (exact) mass is 500 g/mol. The van der Waals surface area contributed by atoms with E-state index in [1.807, 2.05) is 12.1 Å². The second-order valence-electron chi connectivity index (χ2n) is 5.57. The summed E-state index contributed by atoms with van der Waals surface area (Å²) >= 11 is 1.59. The Hall–Kier alpha value is -0.391. The Balaban J connectivity index is 0.000000188. The van der Waals surface area contributed by atoms with Crippen LogP contribution in [0.5, 0.6) is 0 Å². The van der Waals surface area contributed by atoms with E-state index in [4.69, 9.17) is 8.92 Å². The second-order valence-corrected chi connectivity index (χ2v) is 31.4. The van der Waals surface area contributed by atoms with Crippen molar-refractivity contribution in [2.24, 2.45) is 0 Å². The van der Waals surface area contributed by atoms with Gasteiger partial charge in [0, 0.05) is 23.2 Å². The smallest absolute Gasteiger partial charge is 0.0964 e. The molecule has 122 valence electrons. The largest absolute Gasteiger partial charge is 0.254 e. The predicted molar refractivity (Wildman–Crippen MR) is 108 cm³/mol. The van der Waals surface area contributed by atoms with E-state index in [1.165, 1.54) is 21.7 Å². The fourth-order valence-electron chi connectivity index (χ4n) is 2.54. The van der Waals surface area contributed by atoms with Gasteiger partial charge >= 0.3 is 72.2 Å². The van der Waals surface area contributed by atoms with Crippen LogP contribution in [0.4, 0.5) is 0 Å². The number of benzene rings is 1. The van der Waals surface area contributed by atoms with Crippen LogP contribution < -0.4 is 0 Å². The first-order chi connectivity index (χ1) is 11.1. The maximum atomic E-state index is 6.26. The summed E-state index contributed by atoms with van der Waals surface area (Å²) in [6.07, 6.45) is 6.09. The van der Waals surface area contributed by atoms with Crippen LogP contribution in [-0.4, -0.2) is 25.0 Å². The first kappa shape index (κ1) is 18.9. The molecule has 5 heteroatoms. The number of fused-ring (bicyclic) bond motifs is 3. The summed E-state index contributed by atoms with van der Waals surface area (Å²) in [6.45, 7) is 4.40. The number of hydrogen-bond acceptors (Lipinski definition) is 2. The predicted octanol–water partition coefficient (Wildman–Crippen LogP) is 6.67. The Kier molecular flexibility index (Phi) is 7.56. The minimum atomic E-state index is -2.09. The van der Waals surface area contributed by atoms with Crippen LogP contribution in [-0.2, 0) is 0 Å². The molecule has 0 atom stereocenters. The topological polar surface area (TPSA) is 25.8 Å². The van der Waals surface area contributed by atoms with E-state index in [-0.39, 0.29) is 0 Å². The minimum absolute atomic E-state index is 0.977. The fourth-order valence-corrected chi connectivity index (χ4v) is 15.3. The fraction of sp³-hybridized carbons (Fsp3) is 0.333. The van der Waals surface area contributed by atoms with Crippen molar-refractivity contribution in [3.63, 3.8) is 0 Å². The molecule has 2 aromatic heterocycles. The molecular formula is C18H22BrClN2Sn. The third-order valence-electron chi connectivity index (χ3n) is 3.58. The number of hydrogen-bond donors (Lipinski definition) is 0. The Morgan fingerprint density at radius 1 is 0.870 bits per heavy atom. The maximum Gasteiger partial charge on any atom is 0.0964 e. The van der Waals surface area contributed by atoms with Crippen LogP contribution in [0.15, 0.2) is 48.8 Å². The van der Waals surface area contributed by atoms with E-state index in [2.05, 4.69) is 60.8 Å². The molecule has 3 rings (SSSR count). The summed E-state index contributed by atoms with van der Waals surface area (Å²) in [5.41, 5.74) is 1.95. The van der Waals surface area contributed by atoms with Crippen LogP contribution >= 0.6 is 21.6 Å². The molecule has 0 aliphatic heterocycles. The van der Waals surface area contributed by atoms with Gasteiger partial charge in [0.2, 0.25) is 0 Å². The quantitative estimate of drug-likeness (QED) is 0.296. The molecular weight excluding hydrogens is 478 g/mol. The summed E-state index contributed by atoms with van der Waals surface area (Å²) in [6, 6.07) is 12.1. The van der Waals surface area contributed by atoms with Gasteiger partial charge < -0.3 is 0 Å². The minimum Gasteiger partial charge on any atom is -0.254 e. The van der Waals surface area contributed by atoms with Crippen molar-refractivity contribution in [2.45, 2.75) is 35.6 Å². The molecule has 2 heterocycles. The van der Waals surface area contributed by atoms with Crippen molar-refractivity contribution in [3.05, 3.63) is 48.8 Å². The molecule has 0 saturated heterocycles. The van der Waals surface area contributed by atoms with Gasteiger partial charge in [0.05, 0.1) is 11.0 Å². The number of aromatic nitrogens is 2. The standard InChI is InChI=1S/C12H8N2.2C3H7.BrH.ClH.Sn/c1-3-9-5-6-10-4-2-8-14-12(10)11(9)13-7-1;2*1-3-2;;;/h1-8H;2*1,3H2,2H3;2*1H;/q;;;;;+2/p-2. The molecule has 0 aliphatic carbocycles. The Bertz CT molecular complexity index is 701. The molecule has 0 spiro atoms. The molecule has 0 bridgehead atoms. The van der Waals surface area contributed by atoms with E-state index in [1.54, 1.807) is 12.4 Å². The normalized spacial score (nSPS) is 11.3. The van der Waals surface area contributed by atoms with Gasteiger partial charge in [-0.3, -0.25) is 9.97 Å². The van der Waals surface area contributed by atoms with Gasteiger partial charge in [-0.1, -0.05) is 24.3 Å². The molecule has 0 fully saturated rings. The number of nitrogens with zero attached hydrogens (tertiary/aromatic N) is 2. The summed E-state index contributed by atoms with van der Waals surface area (Å²) in [5, 5.41) is 2.28. The SMILES string of the molecule is CC[CH2][Sn]([Cl])([Br])[CH2]CC.c1cnc2c(c1)ccc1cccnc12. The molecule has 2 nitrogen and oxygen atoms in total. The van der Waals surface area contributed by atoms with E-state index in [9.17, 15) is 0 Å². The molecule has 0 unspecified atom stereocenters. The first-order valence-electron chi connectivity index (χ1n) is 8.03. The number of halogens is 2. The Morgan fingerprint density at radius 3 is 1.70 bits per heavy atom. The zero-order valence-corrected chi connectivity index (χ0v) is 18.8. The molecule has 0 radical (unpaired) electrons. The molecule has 0 N–H and O–H groups in total. The molecule has 23 heavy (non-hydrogen) atoms. The molecule has 0 aliphatic rings. The number of rotatable bonds is 4. The van der Waals surface area contributed by atoms with Gasteiger partial charge in [-0.15, -0.1) is 0 Å². The molecule has 0 amide bonds. The first-order valence-corrected chi connectivity index (χ1v) is 22.1. The van der Waals surface area contributed by atoms with E-state index >= 15 is 0 Å². The van der Waals surface area contributed by atoms with E-state index < -0.39 is 15.0 Å². The van der Waals surface area contributed by atoms with Crippen molar-refractivity contribution in [2.75, 3.05) is 0 Å². The van der Waals surface area contributed by atoms with Crippen molar-refractivity contribution in [1.29, 1.82) is 0 Å². The molecule has 1 aromatic carbocycles. The van der Waals surface area contributed by atoms with Crippen LogP contribution in [0.2, 0.25) is 8.87 Å². The van der Waals surface area contributed by atoms with Crippen molar-refractivity contribution >= 4 is 58.5 Å². The average Bonchev–Trinajstić information content (AvgIpc) is 2.55.